The van der Waals surface area contributed by atoms with Crippen LogP contribution < -0.4 is 5.32 Å². The molecule has 2 unspecified atom stereocenters. The molecule has 1 aromatic heterocycles. The molecule has 3 heteroatoms. The summed E-state index contributed by atoms with van der Waals surface area (Å²) >= 11 is 0. The lowest BCUT2D eigenvalue weighted by Gasteiger charge is -2.32. The van der Waals surface area contributed by atoms with E-state index in [9.17, 15) is 0 Å². The van der Waals surface area contributed by atoms with E-state index in [2.05, 4.69) is 5.32 Å². The minimum absolute atomic E-state index is 0.0119. The van der Waals surface area contributed by atoms with E-state index in [1.807, 2.05) is 31.2 Å². The van der Waals surface area contributed by atoms with Gasteiger partial charge in [-0.1, -0.05) is 18.2 Å². The van der Waals surface area contributed by atoms with Gasteiger partial charge in [0, 0.05) is 17.8 Å². The Balaban J connectivity index is 2.00. The summed E-state index contributed by atoms with van der Waals surface area (Å²) in [4.78, 5) is 0. The average Bonchev–Trinajstić information content (AvgIpc) is 2.86. The van der Waals surface area contributed by atoms with Crippen molar-refractivity contribution < 1.29 is 8.81 Å². The minimum Gasteiger partial charge on any atom is -0.457 e. The molecule has 2 heterocycles. The molecule has 1 aromatic carbocycles. The second-order valence-electron chi connectivity index (χ2n) is 5.72. The lowest BCUT2D eigenvalue weighted by molar-refractivity contribution is 0.0590. The largest absolute Gasteiger partial charge is 0.457 e. The van der Waals surface area contributed by atoms with Gasteiger partial charge in [0.05, 0.1) is 0 Å². The van der Waals surface area contributed by atoms with Crippen LogP contribution in [0.15, 0.2) is 28.7 Å². The summed E-state index contributed by atoms with van der Waals surface area (Å²) in [6.45, 7) is 5.36. The van der Waals surface area contributed by atoms with Crippen molar-refractivity contribution in [3.05, 3.63) is 35.6 Å². The number of alkyl halides is 1. The van der Waals surface area contributed by atoms with Crippen molar-refractivity contribution in [2.75, 3.05) is 13.1 Å². The molecule has 1 N–H and O–H groups in total. The Kier molecular flexibility index (Phi) is 3.09. The van der Waals surface area contributed by atoms with Crippen LogP contribution in [0.3, 0.4) is 0 Å². The van der Waals surface area contributed by atoms with Crippen LogP contribution in [0.25, 0.3) is 11.0 Å². The molecule has 2 aromatic rings. The van der Waals surface area contributed by atoms with Gasteiger partial charge in [0.1, 0.15) is 11.3 Å². The molecule has 1 fully saturated rings. The molecule has 0 radical (unpaired) electrons. The maximum absolute atomic E-state index is 15.1. The third kappa shape index (κ3) is 2.16. The van der Waals surface area contributed by atoms with Gasteiger partial charge < -0.3 is 9.73 Å². The zero-order valence-electron chi connectivity index (χ0n) is 11.5. The fourth-order valence-corrected chi connectivity index (χ4v) is 2.97. The average molecular weight is 261 g/mol. The monoisotopic (exact) mass is 261 g/mol. The molecule has 0 spiro atoms. The van der Waals surface area contributed by atoms with Gasteiger partial charge in [0.15, 0.2) is 5.67 Å². The summed E-state index contributed by atoms with van der Waals surface area (Å²) in [6, 6.07) is 7.81. The number of hydrogen-bond donors (Lipinski definition) is 1. The quantitative estimate of drug-likeness (QED) is 0.886. The van der Waals surface area contributed by atoms with E-state index in [1.54, 1.807) is 6.92 Å². The lowest BCUT2D eigenvalue weighted by atomic mass is 9.83. The van der Waals surface area contributed by atoms with Gasteiger partial charge in [-0.15, -0.1) is 0 Å². The Morgan fingerprint density at radius 1 is 1.42 bits per heavy atom. The molecule has 1 saturated heterocycles. The number of rotatable bonds is 2. The smallest absolute Gasteiger partial charge is 0.169 e. The molecule has 0 aliphatic carbocycles. The van der Waals surface area contributed by atoms with Crippen LogP contribution in [0, 0.1) is 12.8 Å². The first-order valence-corrected chi connectivity index (χ1v) is 6.98. The van der Waals surface area contributed by atoms with Crippen LogP contribution in [-0.4, -0.2) is 13.1 Å². The Morgan fingerprint density at radius 2 is 2.26 bits per heavy atom. The summed E-state index contributed by atoms with van der Waals surface area (Å²) < 4.78 is 21.0. The fraction of sp³-hybridized carbons (Fsp3) is 0.500. The summed E-state index contributed by atoms with van der Waals surface area (Å²) in [7, 11) is 0. The maximum atomic E-state index is 15.1. The second-order valence-corrected chi connectivity index (χ2v) is 5.72. The molecule has 1 aliphatic rings. The second kappa shape index (κ2) is 4.64. The van der Waals surface area contributed by atoms with Crippen molar-refractivity contribution in [3.8, 4) is 0 Å². The van der Waals surface area contributed by atoms with Crippen molar-refractivity contribution >= 4 is 11.0 Å². The topological polar surface area (TPSA) is 25.2 Å². The highest BCUT2D eigenvalue weighted by Crippen LogP contribution is 2.40. The molecule has 2 atom stereocenters. The molecular formula is C16H20FNO. The maximum Gasteiger partial charge on any atom is 0.169 e. The van der Waals surface area contributed by atoms with Crippen LogP contribution in [-0.2, 0) is 5.67 Å². The Labute approximate surface area is 113 Å². The molecule has 1 aliphatic heterocycles. The molecule has 102 valence electrons. The first-order valence-electron chi connectivity index (χ1n) is 6.98. The van der Waals surface area contributed by atoms with E-state index in [0.29, 0.717) is 5.76 Å². The summed E-state index contributed by atoms with van der Waals surface area (Å²) in [5.74, 6) is 0.451. The number of benzene rings is 1. The van der Waals surface area contributed by atoms with E-state index in [1.165, 1.54) is 0 Å². The molecule has 0 bridgehead atoms. The SMILES string of the molecule is Cc1cccc2cc(C(C)(F)C3CCCNC3)oc12. The molecule has 0 amide bonds. The van der Waals surface area contributed by atoms with Gasteiger partial charge in [-0.25, -0.2) is 4.39 Å². The Morgan fingerprint density at radius 3 is 2.95 bits per heavy atom. The third-order valence-corrected chi connectivity index (χ3v) is 4.29. The molecule has 2 nitrogen and oxygen atoms in total. The molecule has 0 saturated carbocycles. The zero-order valence-corrected chi connectivity index (χ0v) is 11.5. The van der Waals surface area contributed by atoms with Gasteiger partial charge in [-0.2, -0.15) is 0 Å². The highest BCUT2D eigenvalue weighted by molar-refractivity contribution is 5.81. The van der Waals surface area contributed by atoms with Crippen molar-refractivity contribution in [2.45, 2.75) is 32.4 Å². The van der Waals surface area contributed by atoms with E-state index in [0.717, 1.165) is 42.5 Å². The number of piperidine rings is 1. The predicted molar refractivity (Wildman–Crippen MR) is 75.0 cm³/mol. The summed E-state index contributed by atoms with van der Waals surface area (Å²) in [5.41, 5.74) is 0.463. The van der Waals surface area contributed by atoms with Crippen molar-refractivity contribution in [1.29, 1.82) is 0 Å². The highest BCUT2D eigenvalue weighted by atomic mass is 19.1. The number of aryl methyl sites for hydroxylation is 1. The third-order valence-electron chi connectivity index (χ3n) is 4.29. The first-order chi connectivity index (χ1) is 9.09. The van der Waals surface area contributed by atoms with Crippen molar-refractivity contribution in [3.63, 3.8) is 0 Å². The molecule has 3 rings (SSSR count). The first kappa shape index (κ1) is 12.7. The Bertz CT molecular complexity index is 581. The normalized spacial score (nSPS) is 23.4. The van der Waals surface area contributed by atoms with Crippen LogP contribution in [0.1, 0.15) is 31.1 Å². The van der Waals surface area contributed by atoms with Gasteiger partial charge in [0.2, 0.25) is 0 Å². The number of halogens is 1. The number of fused-ring (bicyclic) bond motifs is 1. The predicted octanol–water partition coefficient (Wildman–Crippen LogP) is 3.93. The lowest BCUT2D eigenvalue weighted by Crippen LogP contribution is -2.39. The van der Waals surface area contributed by atoms with Crippen molar-refractivity contribution in [2.24, 2.45) is 5.92 Å². The highest BCUT2D eigenvalue weighted by Gasteiger charge is 2.39. The van der Waals surface area contributed by atoms with Gasteiger partial charge >= 0.3 is 0 Å². The number of nitrogens with one attached hydrogen (secondary N) is 1. The van der Waals surface area contributed by atoms with Crippen LogP contribution in [0.2, 0.25) is 0 Å². The van der Waals surface area contributed by atoms with Gasteiger partial charge in [0.25, 0.3) is 0 Å². The standard InChI is InChI=1S/C16H20FNO/c1-11-5-3-6-12-9-14(19-15(11)12)16(2,17)13-7-4-8-18-10-13/h3,5-6,9,13,18H,4,7-8,10H2,1-2H3. The van der Waals surface area contributed by atoms with Crippen LogP contribution in [0.4, 0.5) is 4.39 Å². The van der Waals surface area contributed by atoms with E-state index in [-0.39, 0.29) is 5.92 Å². The number of hydrogen-bond acceptors (Lipinski definition) is 2. The van der Waals surface area contributed by atoms with Gasteiger partial charge in [-0.3, -0.25) is 0 Å². The number of furan rings is 1. The van der Waals surface area contributed by atoms with E-state index >= 15 is 4.39 Å². The molecule has 19 heavy (non-hydrogen) atoms. The van der Waals surface area contributed by atoms with Crippen molar-refractivity contribution in [1.82, 2.24) is 5.32 Å². The van der Waals surface area contributed by atoms with Crippen LogP contribution >= 0.6 is 0 Å². The Hall–Kier alpha value is -1.35. The number of para-hydroxylation sites is 1. The minimum atomic E-state index is -1.40. The van der Waals surface area contributed by atoms with E-state index < -0.39 is 5.67 Å². The van der Waals surface area contributed by atoms with Crippen LogP contribution in [0.5, 0.6) is 0 Å². The molecular weight excluding hydrogens is 241 g/mol. The fourth-order valence-electron chi connectivity index (χ4n) is 2.97. The van der Waals surface area contributed by atoms with E-state index in [4.69, 9.17) is 4.42 Å². The zero-order chi connectivity index (χ0) is 13.5. The van der Waals surface area contributed by atoms with Gasteiger partial charge in [-0.05, 0) is 44.9 Å². The summed E-state index contributed by atoms with van der Waals surface area (Å²) in [5, 5.41) is 4.26. The summed E-state index contributed by atoms with van der Waals surface area (Å²) in [6.07, 6.45) is 1.94.